The SMILES string of the molecule is CN(C)c1cccc(COc2cccc(CCC(=O)[C@@H]3CCCN3S(=O)(=O)c3ccc(F)cc3)c2)c1. The molecular weight excluding hydrogens is 479 g/mol. The lowest BCUT2D eigenvalue weighted by molar-refractivity contribution is -0.122. The van der Waals surface area contributed by atoms with Crippen molar-refractivity contribution in [1.82, 2.24) is 4.31 Å². The van der Waals surface area contributed by atoms with Crippen LogP contribution in [-0.4, -0.2) is 45.2 Å². The van der Waals surface area contributed by atoms with Gasteiger partial charge in [0, 0.05) is 32.7 Å². The molecule has 190 valence electrons. The van der Waals surface area contributed by atoms with Gasteiger partial charge in [0.05, 0.1) is 10.9 Å². The maximum Gasteiger partial charge on any atom is 0.243 e. The molecule has 0 aliphatic carbocycles. The number of benzene rings is 3. The van der Waals surface area contributed by atoms with Crippen molar-refractivity contribution in [2.24, 2.45) is 0 Å². The fourth-order valence-electron chi connectivity index (χ4n) is 4.41. The fraction of sp³-hybridized carbons (Fsp3) is 0.321. The number of Topliss-reactive ketones (excluding diaryl/α,β-unsaturated/α-hetero) is 1. The summed E-state index contributed by atoms with van der Waals surface area (Å²) in [5, 5.41) is 0. The Bertz CT molecular complexity index is 1310. The standard InChI is InChI=1S/C28H31FN2O4S/c1-30(2)24-8-3-7-22(18-24)20-35-25-9-4-6-21(19-25)11-16-28(32)27-10-5-17-31(27)36(33,34)26-14-12-23(29)13-15-26/h3-4,6-9,12-15,18-19,27H,5,10-11,16-17,20H2,1-2H3/t27-/m0/s1. The monoisotopic (exact) mass is 510 g/mol. The molecule has 1 saturated heterocycles. The number of rotatable bonds is 10. The Kier molecular flexibility index (Phi) is 8.06. The highest BCUT2D eigenvalue weighted by atomic mass is 32.2. The number of halogens is 1. The second kappa shape index (κ2) is 11.2. The van der Waals surface area contributed by atoms with Crippen LogP contribution in [0.15, 0.2) is 77.7 Å². The van der Waals surface area contributed by atoms with Crippen molar-refractivity contribution >= 4 is 21.5 Å². The van der Waals surface area contributed by atoms with Gasteiger partial charge in [0.15, 0.2) is 5.78 Å². The summed E-state index contributed by atoms with van der Waals surface area (Å²) in [7, 11) is 0.129. The molecule has 0 spiro atoms. The van der Waals surface area contributed by atoms with E-state index in [-0.39, 0.29) is 23.6 Å². The van der Waals surface area contributed by atoms with E-state index in [1.54, 1.807) is 0 Å². The maximum absolute atomic E-state index is 13.3. The molecule has 8 heteroatoms. The molecule has 0 unspecified atom stereocenters. The van der Waals surface area contributed by atoms with Crippen LogP contribution in [0.3, 0.4) is 0 Å². The van der Waals surface area contributed by atoms with E-state index in [2.05, 4.69) is 6.07 Å². The van der Waals surface area contributed by atoms with Gasteiger partial charge in [-0.25, -0.2) is 12.8 Å². The maximum atomic E-state index is 13.3. The third-order valence-electron chi connectivity index (χ3n) is 6.39. The van der Waals surface area contributed by atoms with E-state index in [0.29, 0.717) is 25.9 Å². The number of aryl methyl sites for hydroxylation is 1. The quantitative estimate of drug-likeness (QED) is 0.391. The molecule has 1 aliphatic rings. The van der Waals surface area contributed by atoms with Crippen molar-refractivity contribution in [1.29, 1.82) is 0 Å². The first kappa shape index (κ1) is 25.9. The number of sulfonamides is 1. The molecule has 1 aliphatic heterocycles. The first-order chi connectivity index (χ1) is 17.2. The zero-order chi connectivity index (χ0) is 25.7. The fourth-order valence-corrected chi connectivity index (χ4v) is 6.09. The first-order valence-electron chi connectivity index (χ1n) is 12.0. The molecular formula is C28H31FN2O4S. The lowest BCUT2D eigenvalue weighted by Crippen LogP contribution is -2.40. The van der Waals surface area contributed by atoms with Gasteiger partial charge in [0.2, 0.25) is 10.0 Å². The summed E-state index contributed by atoms with van der Waals surface area (Å²) >= 11 is 0. The number of ketones is 1. The lowest BCUT2D eigenvalue weighted by atomic mass is 10.0. The van der Waals surface area contributed by atoms with Gasteiger partial charge in [-0.3, -0.25) is 4.79 Å². The van der Waals surface area contributed by atoms with Gasteiger partial charge in [-0.1, -0.05) is 24.3 Å². The predicted octanol–water partition coefficient (Wildman–Crippen LogP) is 4.83. The van der Waals surface area contributed by atoms with Crippen molar-refractivity contribution in [3.05, 3.63) is 89.7 Å². The Labute approximate surface area is 212 Å². The third kappa shape index (κ3) is 6.12. The highest BCUT2D eigenvalue weighted by Crippen LogP contribution is 2.28. The Balaban J connectivity index is 1.36. The summed E-state index contributed by atoms with van der Waals surface area (Å²) in [4.78, 5) is 15.1. The lowest BCUT2D eigenvalue weighted by Gasteiger charge is -2.23. The Morgan fingerprint density at radius 2 is 1.75 bits per heavy atom. The molecule has 1 atom stereocenters. The Hall–Kier alpha value is -3.23. The van der Waals surface area contributed by atoms with E-state index in [1.807, 2.05) is 61.5 Å². The van der Waals surface area contributed by atoms with Gasteiger partial charge in [-0.05, 0) is 78.9 Å². The molecule has 0 bridgehead atoms. The van der Waals surface area contributed by atoms with Crippen molar-refractivity contribution in [2.45, 2.75) is 43.2 Å². The molecule has 0 radical (unpaired) electrons. The van der Waals surface area contributed by atoms with Crippen molar-refractivity contribution in [3.63, 3.8) is 0 Å². The minimum absolute atomic E-state index is 0.00423. The predicted molar refractivity (Wildman–Crippen MR) is 138 cm³/mol. The van der Waals surface area contributed by atoms with E-state index in [4.69, 9.17) is 4.74 Å². The number of hydrogen-bond acceptors (Lipinski definition) is 5. The number of ether oxygens (including phenoxy) is 1. The van der Waals surface area contributed by atoms with Gasteiger partial charge < -0.3 is 9.64 Å². The van der Waals surface area contributed by atoms with E-state index >= 15 is 0 Å². The summed E-state index contributed by atoms with van der Waals surface area (Å²) < 4.78 is 46.6. The summed E-state index contributed by atoms with van der Waals surface area (Å²) in [6.45, 7) is 0.719. The van der Waals surface area contributed by atoms with Crippen LogP contribution in [0.2, 0.25) is 0 Å². The van der Waals surface area contributed by atoms with Crippen molar-refractivity contribution in [2.75, 3.05) is 25.5 Å². The molecule has 3 aromatic carbocycles. The van der Waals surface area contributed by atoms with E-state index in [9.17, 15) is 17.6 Å². The zero-order valence-corrected chi connectivity index (χ0v) is 21.4. The number of hydrogen-bond donors (Lipinski definition) is 0. The molecule has 4 rings (SSSR count). The smallest absolute Gasteiger partial charge is 0.243 e. The molecule has 0 N–H and O–H groups in total. The second-order valence-corrected chi connectivity index (χ2v) is 11.1. The first-order valence-corrected chi connectivity index (χ1v) is 13.5. The molecule has 0 amide bonds. The van der Waals surface area contributed by atoms with Gasteiger partial charge in [0.1, 0.15) is 18.2 Å². The summed E-state index contributed by atoms with van der Waals surface area (Å²) in [5.41, 5.74) is 3.12. The van der Waals surface area contributed by atoms with Crippen LogP contribution in [-0.2, 0) is 27.8 Å². The van der Waals surface area contributed by atoms with Crippen LogP contribution >= 0.6 is 0 Å². The molecule has 0 aromatic heterocycles. The number of nitrogens with zero attached hydrogens (tertiary/aromatic N) is 2. The Morgan fingerprint density at radius 1 is 1.03 bits per heavy atom. The van der Waals surface area contributed by atoms with Crippen LogP contribution < -0.4 is 9.64 Å². The highest BCUT2D eigenvalue weighted by Gasteiger charge is 2.38. The topological polar surface area (TPSA) is 66.9 Å². The normalized spacial score (nSPS) is 16.1. The van der Waals surface area contributed by atoms with Crippen molar-refractivity contribution < 1.29 is 22.3 Å². The highest BCUT2D eigenvalue weighted by molar-refractivity contribution is 7.89. The molecule has 1 heterocycles. The molecule has 3 aromatic rings. The van der Waals surface area contributed by atoms with Crippen LogP contribution in [0.5, 0.6) is 5.75 Å². The summed E-state index contributed by atoms with van der Waals surface area (Å²) in [6.07, 6.45) is 1.84. The minimum atomic E-state index is -3.86. The van der Waals surface area contributed by atoms with E-state index < -0.39 is 21.9 Å². The van der Waals surface area contributed by atoms with E-state index in [0.717, 1.165) is 34.7 Å². The molecule has 6 nitrogen and oxygen atoms in total. The van der Waals surface area contributed by atoms with Crippen LogP contribution in [0, 0.1) is 5.82 Å². The average molecular weight is 511 g/mol. The number of anilines is 1. The molecule has 0 saturated carbocycles. The second-order valence-electron chi connectivity index (χ2n) is 9.19. The third-order valence-corrected chi connectivity index (χ3v) is 8.31. The van der Waals surface area contributed by atoms with Crippen LogP contribution in [0.25, 0.3) is 0 Å². The van der Waals surface area contributed by atoms with Crippen molar-refractivity contribution in [3.8, 4) is 5.75 Å². The van der Waals surface area contributed by atoms with Gasteiger partial charge in [-0.15, -0.1) is 0 Å². The Morgan fingerprint density at radius 3 is 2.50 bits per heavy atom. The number of carbonyl (C=O) groups is 1. The van der Waals surface area contributed by atoms with Crippen LogP contribution in [0.4, 0.5) is 10.1 Å². The van der Waals surface area contributed by atoms with Gasteiger partial charge >= 0.3 is 0 Å². The zero-order valence-electron chi connectivity index (χ0n) is 20.6. The summed E-state index contributed by atoms with van der Waals surface area (Å²) in [5.74, 6) is 0.109. The van der Waals surface area contributed by atoms with E-state index in [1.165, 1.54) is 16.4 Å². The summed E-state index contributed by atoms with van der Waals surface area (Å²) in [6, 6.07) is 19.8. The molecule has 36 heavy (non-hydrogen) atoms. The van der Waals surface area contributed by atoms with Crippen LogP contribution in [0.1, 0.15) is 30.4 Å². The van der Waals surface area contributed by atoms with Gasteiger partial charge in [0.25, 0.3) is 0 Å². The molecule has 1 fully saturated rings. The largest absolute Gasteiger partial charge is 0.489 e. The number of carbonyl (C=O) groups excluding carboxylic acids is 1. The minimum Gasteiger partial charge on any atom is -0.489 e. The average Bonchev–Trinajstić information content (AvgIpc) is 3.38. The van der Waals surface area contributed by atoms with Gasteiger partial charge in [-0.2, -0.15) is 4.31 Å².